The van der Waals surface area contributed by atoms with Crippen LogP contribution < -0.4 is 4.90 Å². The van der Waals surface area contributed by atoms with Gasteiger partial charge in [0.25, 0.3) is 0 Å². The van der Waals surface area contributed by atoms with Crippen LogP contribution in [0.15, 0.2) is 16.7 Å². The molecule has 1 saturated heterocycles. The molecular formula is C12H12BrClN2O2S. The summed E-state index contributed by atoms with van der Waals surface area (Å²) >= 11 is 10.6. The zero-order chi connectivity index (χ0) is 14.0. The topological polar surface area (TPSA) is 50.3 Å². The molecule has 1 aliphatic rings. The number of carbonyl (C=O) groups excluding carboxylic acids is 2. The summed E-state index contributed by atoms with van der Waals surface area (Å²) in [6, 6.07) is 1.72. The maximum atomic E-state index is 12.0. The van der Waals surface area contributed by atoms with Gasteiger partial charge >= 0.3 is 0 Å². The molecule has 0 saturated carbocycles. The van der Waals surface area contributed by atoms with Crippen molar-refractivity contribution in [3.05, 3.63) is 21.8 Å². The highest BCUT2D eigenvalue weighted by atomic mass is 79.9. The smallest absolute Gasteiger partial charge is 0.228 e. The number of pyridine rings is 1. The fourth-order valence-corrected chi connectivity index (χ4v) is 3.36. The van der Waals surface area contributed by atoms with Gasteiger partial charge in [0, 0.05) is 36.3 Å². The number of aromatic nitrogens is 1. The van der Waals surface area contributed by atoms with E-state index in [0.717, 1.165) is 4.47 Å². The Balaban J connectivity index is 2.09. The molecule has 1 aliphatic heterocycles. The first kappa shape index (κ1) is 14.8. The molecule has 2 heterocycles. The van der Waals surface area contributed by atoms with Gasteiger partial charge in [0.2, 0.25) is 5.91 Å². The third-order valence-corrected chi connectivity index (χ3v) is 4.53. The molecule has 7 heteroatoms. The van der Waals surface area contributed by atoms with Crippen molar-refractivity contribution in [2.45, 2.75) is 13.3 Å². The average molecular weight is 364 g/mol. The zero-order valence-corrected chi connectivity index (χ0v) is 13.4. The number of thioether (sulfide) groups is 1. The number of nitrogens with zero attached hydrogens (tertiary/aromatic N) is 2. The number of rotatable bonds is 3. The Kier molecular flexibility index (Phi) is 4.86. The predicted molar refractivity (Wildman–Crippen MR) is 80.5 cm³/mol. The first-order valence-corrected chi connectivity index (χ1v) is 7.88. The zero-order valence-electron chi connectivity index (χ0n) is 10.2. The van der Waals surface area contributed by atoms with E-state index < -0.39 is 0 Å². The number of carbonyl (C=O) groups is 2. The molecule has 4 nitrogen and oxygen atoms in total. The summed E-state index contributed by atoms with van der Waals surface area (Å²) in [5, 5.41) is 0.522. The van der Waals surface area contributed by atoms with Crippen LogP contribution in [0.3, 0.4) is 0 Å². The molecule has 1 amide bonds. The Labute approximate surface area is 129 Å². The third-order valence-electron chi connectivity index (χ3n) is 2.77. The van der Waals surface area contributed by atoms with Crippen molar-refractivity contribution in [1.29, 1.82) is 0 Å². The minimum Gasteiger partial charge on any atom is -0.295 e. The van der Waals surface area contributed by atoms with E-state index in [4.69, 9.17) is 11.6 Å². The second kappa shape index (κ2) is 6.24. The van der Waals surface area contributed by atoms with E-state index in [9.17, 15) is 9.59 Å². The van der Waals surface area contributed by atoms with E-state index in [1.54, 1.807) is 17.2 Å². The van der Waals surface area contributed by atoms with Gasteiger partial charge in [0.15, 0.2) is 10.9 Å². The molecule has 0 aromatic carbocycles. The number of anilines is 1. The summed E-state index contributed by atoms with van der Waals surface area (Å²) in [7, 11) is 0. The van der Waals surface area contributed by atoms with Crippen molar-refractivity contribution in [1.82, 2.24) is 4.98 Å². The van der Waals surface area contributed by atoms with Crippen molar-refractivity contribution in [3.8, 4) is 0 Å². The largest absolute Gasteiger partial charge is 0.295 e. The van der Waals surface area contributed by atoms with Crippen LogP contribution >= 0.6 is 39.3 Å². The molecule has 19 heavy (non-hydrogen) atoms. The quantitative estimate of drug-likeness (QED) is 0.828. The van der Waals surface area contributed by atoms with Crippen molar-refractivity contribution in [2.24, 2.45) is 5.92 Å². The Bertz CT molecular complexity index is 526. The molecule has 0 spiro atoms. The van der Waals surface area contributed by atoms with Crippen LogP contribution in [0.1, 0.15) is 13.3 Å². The summed E-state index contributed by atoms with van der Waals surface area (Å²) in [6.07, 6.45) is 2.06. The summed E-state index contributed by atoms with van der Waals surface area (Å²) < 4.78 is 0.775. The van der Waals surface area contributed by atoms with Gasteiger partial charge in [-0.25, -0.2) is 4.98 Å². The first-order chi connectivity index (χ1) is 8.97. The van der Waals surface area contributed by atoms with Crippen LogP contribution in [0.4, 0.5) is 5.82 Å². The Morgan fingerprint density at radius 1 is 1.68 bits per heavy atom. The monoisotopic (exact) mass is 362 g/mol. The summed E-state index contributed by atoms with van der Waals surface area (Å²) in [4.78, 5) is 28.7. The normalized spacial score (nSPS) is 19.0. The Hall–Kier alpha value is -0.590. The fourth-order valence-electron chi connectivity index (χ4n) is 1.94. The molecule has 0 bridgehead atoms. The fraction of sp³-hybridized carbons (Fsp3) is 0.417. The van der Waals surface area contributed by atoms with E-state index >= 15 is 0 Å². The van der Waals surface area contributed by atoms with Crippen molar-refractivity contribution in [2.75, 3.05) is 17.2 Å². The third kappa shape index (κ3) is 3.70. The molecule has 102 valence electrons. The van der Waals surface area contributed by atoms with Crippen molar-refractivity contribution in [3.63, 3.8) is 0 Å². The standard InChI is InChI=1S/C12H12BrClN2O2S/c1-7(17)19-6-8-2-11(18)16(5-8)12-10(14)3-9(13)4-15-12/h3-4,8H,2,5-6H2,1H3. The Morgan fingerprint density at radius 2 is 2.42 bits per heavy atom. The van der Waals surface area contributed by atoms with Gasteiger partial charge in [-0.2, -0.15) is 0 Å². The minimum absolute atomic E-state index is 0.00544. The summed E-state index contributed by atoms with van der Waals surface area (Å²) in [5.41, 5.74) is 0. The van der Waals surface area contributed by atoms with Gasteiger partial charge in [-0.3, -0.25) is 14.5 Å². The number of hydrogen-bond donors (Lipinski definition) is 0. The van der Waals surface area contributed by atoms with Gasteiger partial charge in [0.1, 0.15) is 0 Å². The first-order valence-electron chi connectivity index (χ1n) is 5.72. The maximum Gasteiger partial charge on any atom is 0.228 e. The predicted octanol–water partition coefficient (Wildman–Crippen LogP) is 3.13. The highest BCUT2D eigenvalue weighted by Gasteiger charge is 2.32. The van der Waals surface area contributed by atoms with Gasteiger partial charge in [-0.1, -0.05) is 23.4 Å². The van der Waals surface area contributed by atoms with Gasteiger partial charge in [0.05, 0.1) is 5.02 Å². The maximum absolute atomic E-state index is 12.0. The van der Waals surface area contributed by atoms with Crippen LogP contribution in [0.5, 0.6) is 0 Å². The van der Waals surface area contributed by atoms with Crippen molar-refractivity contribution >= 4 is 56.1 Å². The molecule has 0 aliphatic carbocycles. The van der Waals surface area contributed by atoms with Crippen molar-refractivity contribution < 1.29 is 9.59 Å². The van der Waals surface area contributed by atoms with E-state index in [0.29, 0.717) is 29.6 Å². The number of halogens is 2. The summed E-state index contributed by atoms with van der Waals surface area (Å²) in [6.45, 7) is 2.10. The van der Waals surface area contributed by atoms with E-state index in [-0.39, 0.29) is 16.9 Å². The molecule has 1 fully saturated rings. The van der Waals surface area contributed by atoms with E-state index in [1.165, 1.54) is 18.7 Å². The van der Waals surface area contributed by atoms with E-state index in [1.807, 2.05) is 0 Å². The van der Waals surface area contributed by atoms with E-state index in [2.05, 4.69) is 20.9 Å². The lowest BCUT2D eigenvalue weighted by Gasteiger charge is -2.16. The molecule has 1 atom stereocenters. The number of hydrogen-bond acceptors (Lipinski definition) is 4. The average Bonchev–Trinajstić information content (AvgIpc) is 2.68. The van der Waals surface area contributed by atoms with Gasteiger partial charge in [-0.15, -0.1) is 0 Å². The van der Waals surface area contributed by atoms with Crippen LogP contribution in [-0.4, -0.2) is 28.3 Å². The molecule has 2 rings (SSSR count). The van der Waals surface area contributed by atoms with Crippen LogP contribution in [0.2, 0.25) is 5.02 Å². The second-order valence-corrected chi connectivity index (χ2v) is 6.86. The minimum atomic E-state index is 0.00544. The van der Waals surface area contributed by atoms with Crippen LogP contribution in [0, 0.1) is 5.92 Å². The molecule has 0 N–H and O–H groups in total. The molecule has 0 radical (unpaired) electrons. The molecule has 1 unspecified atom stereocenters. The molecule has 1 aromatic rings. The SMILES string of the molecule is CC(=O)SCC1CC(=O)N(c2ncc(Br)cc2Cl)C1. The van der Waals surface area contributed by atoms with Gasteiger partial charge in [-0.05, 0) is 27.9 Å². The lowest BCUT2D eigenvalue weighted by Crippen LogP contribution is -2.26. The molecule has 1 aromatic heterocycles. The lowest BCUT2D eigenvalue weighted by atomic mass is 10.1. The second-order valence-electron chi connectivity index (χ2n) is 4.34. The molecular weight excluding hydrogens is 352 g/mol. The highest BCUT2D eigenvalue weighted by molar-refractivity contribution is 9.10. The summed E-state index contributed by atoms with van der Waals surface area (Å²) in [5.74, 6) is 1.32. The number of amides is 1. The van der Waals surface area contributed by atoms with Crippen LogP contribution in [0.25, 0.3) is 0 Å². The van der Waals surface area contributed by atoms with Gasteiger partial charge < -0.3 is 0 Å². The van der Waals surface area contributed by atoms with Crippen LogP contribution in [-0.2, 0) is 9.59 Å². The highest BCUT2D eigenvalue weighted by Crippen LogP contribution is 2.32. The lowest BCUT2D eigenvalue weighted by molar-refractivity contribution is -0.117. The Morgan fingerprint density at radius 3 is 3.05 bits per heavy atom.